The lowest BCUT2D eigenvalue weighted by molar-refractivity contribution is 0.436. The van der Waals surface area contributed by atoms with Gasteiger partial charge in [0.05, 0.1) is 4.88 Å². The summed E-state index contributed by atoms with van der Waals surface area (Å²) in [5.41, 5.74) is 8.30. The highest BCUT2D eigenvalue weighted by atomic mass is 32.2. The Balaban J connectivity index is 2.06. The molecule has 0 aromatic carbocycles. The summed E-state index contributed by atoms with van der Waals surface area (Å²) in [6.45, 7) is 2.08. The average Bonchev–Trinajstić information content (AvgIpc) is 2.91. The van der Waals surface area contributed by atoms with Crippen LogP contribution in [0.15, 0.2) is 10.6 Å². The predicted molar refractivity (Wildman–Crippen MR) is 73.5 cm³/mol. The van der Waals surface area contributed by atoms with E-state index in [9.17, 15) is 0 Å². The average molecular weight is 266 g/mol. The Morgan fingerprint density at radius 3 is 3.18 bits per heavy atom. The first-order valence-corrected chi connectivity index (χ1v) is 7.70. The van der Waals surface area contributed by atoms with E-state index in [4.69, 9.17) is 10.3 Å². The molecule has 0 amide bonds. The van der Waals surface area contributed by atoms with E-state index in [0.29, 0.717) is 5.82 Å². The molecule has 0 unspecified atom stereocenters. The molecule has 0 fully saturated rings. The Morgan fingerprint density at radius 1 is 1.53 bits per heavy atom. The van der Waals surface area contributed by atoms with Gasteiger partial charge in [0, 0.05) is 16.2 Å². The molecular formula is C12H14N2OS2. The van der Waals surface area contributed by atoms with Gasteiger partial charge < -0.3 is 10.3 Å². The van der Waals surface area contributed by atoms with Gasteiger partial charge in [0.25, 0.3) is 0 Å². The Morgan fingerprint density at radius 2 is 2.41 bits per heavy atom. The summed E-state index contributed by atoms with van der Waals surface area (Å²) in [5, 5.41) is 3.87. The topological polar surface area (TPSA) is 52.0 Å². The van der Waals surface area contributed by atoms with Gasteiger partial charge in [-0.3, -0.25) is 0 Å². The molecule has 0 saturated carbocycles. The molecule has 0 radical (unpaired) electrons. The maximum atomic E-state index is 5.81. The molecule has 3 heterocycles. The summed E-state index contributed by atoms with van der Waals surface area (Å²) < 4.78 is 5.38. The van der Waals surface area contributed by atoms with Gasteiger partial charge in [-0.15, -0.1) is 11.3 Å². The van der Waals surface area contributed by atoms with Crippen LogP contribution in [0.3, 0.4) is 0 Å². The normalized spacial score (nSPS) is 14.9. The zero-order chi connectivity index (χ0) is 11.8. The number of rotatable bonds is 2. The molecule has 0 aliphatic carbocycles. The summed E-state index contributed by atoms with van der Waals surface area (Å²) in [6.07, 6.45) is 2.04. The van der Waals surface area contributed by atoms with Crippen molar-refractivity contribution in [3.05, 3.63) is 22.1 Å². The highest BCUT2D eigenvalue weighted by Crippen LogP contribution is 2.39. The third-order valence-corrected chi connectivity index (χ3v) is 5.27. The van der Waals surface area contributed by atoms with Crippen LogP contribution in [0.25, 0.3) is 10.6 Å². The van der Waals surface area contributed by atoms with Crippen LogP contribution in [0.2, 0.25) is 0 Å². The van der Waals surface area contributed by atoms with Gasteiger partial charge in [0.2, 0.25) is 0 Å². The minimum Gasteiger partial charge on any atom is -0.381 e. The first-order valence-electron chi connectivity index (χ1n) is 5.73. The number of nitrogens with zero attached hydrogens (tertiary/aromatic N) is 1. The SMILES string of the molecule is CCc1c(N)noc1-c1cc2c(s1)CCSC2. The van der Waals surface area contributed by atoms with Crippen LogP contribution < -0.4 is 5.73 Å². The van der Waals surface area contributed by atoms with E-state index in [1.54, 1.807) is 0 Å². The van der Waals surface area contributed by atoms with E-state index in [0.717, 1.165) is 23.5 Å². The summed E-state index contributed by atoms with van der Waals surface area (Å²) in [5.74, 6) is 3.75. The molecule has 2 N–H and O–H groups in total. The first kappa shape index (κ1) is 11.2. The maximum absolute atomic E-state index is 5.81. The third kappa shape index (κ3) is 1.87. The predicted octanol–water partition coefficient (Wildman–Crippen LogP) is 3.34. The summed E-state index contributed by atoms with van der Waals surface area (Å²) in [7, 11) is 0. The van der Waals surface area contributed by atoms with Crippen molar-refractivity contribution in [2.45, 2.75) is 25.5 Å². The number of hydrogen-bond acceptors (Lipinski definition) is 5. The van der Waals surface area contributed by atoms with Gasteiger partial charge in [-0.1, -0.05) is 12.1 Å². The molecule has 2 aromatic heterocycles. The van der Waals surface area contributed by atoms with Crippen LogP contribution in [-0.2, 0) is 18.6 Å². The van der Waals surface area contributed by atoms with Crippen LogP contribution in [0.1, 0.15) is 22.9 Å². The quantitative estimate of drug-likeness (QED) is 0.905. The summed E-state index contributed by atoms with van der Waals surface area (Å²) in [4.78, 5) is 2.68. The number of aryl methyl sites for hydroxylation is 1. The molecule has 0 bridgehead atoms. The van der Waals surface area contributed by atoms with Gasteiger partial charge in [0.1, 0.15) is 0 Å². The second-order valence-corrected chi connectivity index (χ2v) is 6.33. The number of thioether (sulfide) groups is 1. The van der Waals surface area contributed by atoms with Crippen LogP contribution >= 0.6 is 23.1 Å². The fourth-order valence-corrected chi connectivity index (χ4v) is 4.49. The highest BCUT2D eigenvalue weighted by Gasteiger charge is 2.20. The Labute approximate surface area is 108 Å². The molecule has 3 rings (SSSR count). The fraction of sp³-hybridized carbons (Fsp3) is 0.417. The van der Waals surface area contributed by atoms with E-state index in [1.807, 2.05) is 23.1 Å². The standard InChI is InChI=1S/C12H14N2OS2/c1-2-8-11(15-14-12(8)13)10-5-7-6-16-4-3-9(7)17-10/h5H,2-4,6H2,1H3,(H2,13,14). The molecule has 1 aliphatic heterocycles. The molecule has 2 aromatic rings. The van der Waals surface area contributed by atoms with Crippen molar-refractivity contribution in [1.82, 2.24) is 5.16 Å². The number of hydrogen-bond donors (Lipinski definition) is 1. The van der Waals surface area contributed by atoms with Crippen molar-refractivity contribution in [3.8, 4) is 10.6 Å². The molecule has 5 heteroatoms. The lowest BCUT2D eigenvalue weighted by Crippen LogP contribution is -1.96. The van der Waals surface area contributed by atoms with Crippen molar-refractivity contribution in [1.29, 1.82) is 0 Å². The third-order valence-electron chi connectivity index (χ3n) is 3.02. The number of thiophene rings is 1. The first-order chi connectivity index (χ1) is 8.29. The molecule has 0 atom stereocenters. The highest BCUT2D eigenvalue weighted by molar-refractivity contribution is 7.98. The largest absolute Gasteiger partial charge is 0.381 e. The van der Waals surface area contributed by atoms with E-state index >= 15 is 0 Å². The minimum absolute atomic E-state index is 0.531. The van der Waals surface area contributed by atoms with Gasteiger partial charge in [-0.05, 0) is 30.2 Å². The number of aromatic nitrogens is 1. The smallest absolute Gasteiger partial charge is 0.182 e. The van der Waals surface area contributed by atoms with Crippen LogP contribution in [0, 0.1) is 0 Å². The van der Waals surface area contributed by atoms with Crippen molar-refractivity contribution in [3.63, 3.8) is 0 Å². The lowest BCUT2D eigenvalue weighted by Gasteiger charge is -2.08. The van der Waals surface area contributed by atoms with E-state index in [-0.39, 0.29) is 0 Å². The number of fused-ring (bicyclic) bond motifs is 1. The summed E-state index contributed by atoms with van der Waals surface area (Å²) >= 11 is 3.83. The van der Waals surface area contributed by atoms with Gasteiger partial charge in [0.15, 0.2) is 11.6 Å². The molecule has 90 valence electrons. The van der Waals surface area contributed by atoms with Crippen molar-refractivity contribution in [2.75, 3.05) is 11.5 Å². The van der Waals surface area contributed by atoms with E-state index < -0.39 is 0 Å². The number of anilines is 1. The van der Waals surface area contributed by atoms with Crippen molar-refractivity contribution in [2.24, 2.45) is 0 Å². The Kier molecular flexibility index (Phi) is 2.88. The minimum atomic E-state index is 0.531. The Bertz CT molecular complexity index is 521. The maximum Gasteiger partial charge on any atom is 0.182 e. The number of nitrogen functional groups attached to an aromatic ring is 1. The second-order valence-electron chi connectivity index (χ2n) is 4.09. The lowest BCUT2D eigenvalue weighted by atomic mass is 10.1. The van der Waals surface area contributed by atoms with Gasteiger partial charge >= 0.3 is 0 Å². The molecule has 17 heavy (non-hydrogen) atoms. The van der Waals surface area contributed by atoms with E-state index in [1.165, 1.54) is 27.5 Å². The fourth-order valence-electron chi connectivity index (χ4n) is 2.12. The van der Waals surface area contributed by atoms with Crippen LogP contribution in [0.4, 0.5) is 5.82 Å². The number of nitrogens with two attached hydrogens (primary N) is 1. The van der Waals surface area contributed by atoms with Crippen LogP contribution in [0.5, 0.6) is 0 Å². The zero-order valence-corrected chi connectivity index (χ0v) is 11.3. The zero-order valence-electron chi connectivity index (χ0n) is 9.66. The van der Waals surface area contributed by atoms with Crippen LogP contribution in [-0.4, -0.2) is 10.9 Å². The Hall–Kier alpha value is -0.940. The molecular weight excluding hydrogens is 252 g/mol. The second kappa shape index (κ2) is 4.38. The summed E-state index contributed by atoms with van der Waals surface area (Å²) in [6, 6.07) is 2.24. The molecule has 0 spiro atoms. The van der Waals surface area contributed by atoms with Gasteiger partial charge in [-0.25, -0.2) is 0 Å². The molecule has 3 nitrogen and oxygen atoms in total. The molecule has 1 aliphatic rings. The van der Waals surface area contributed by atoms with E-state index in [2.05, 4.69) is 18.1 Å². The monoisotopic (exact) mass is 266 g/mol. The molecule has 0 saturated heterocycles. The van der Waals surface area contributed by atoms with Crippen molar-refractivity contribution >= 4 is 28.9 Å². The van der Waals surface area contributed by atoms with Gasteiger partial charge in [-0.2, -0.15) is 11.8 Å². The van der Waals surface area contributed by atoms with Crippen molar-refractivity contribution < 1.29 is 4.52 Å².